The molecule has 0 unspecified atom stereocenters. The van der Waals surface area contributed by atoms with Crippen molar-refractivity contribution in [3.63, 3.8) is 0 Å². The van der Waals surface area contributed by atoms with Gasteiger partial charge in [-0.2, -0.15) is 0 Å². The van der Waals surface area contributed by atoms with E-state index in [-0.39, 0.29) is 26.0 Å². The van der Waals surface area contributed by atoms with Gasteiger partial charge in [0.2, 0.25) is 5.91 Å². The topological polar surface area (TPSA) is 93.7 Å². The number of hydrogen-bond donors (Lipinski definition) is 2. The van der Waals surface area contributed by atoms with E-state index >= 15 is 0 Å². The Morgan fingerprint density at radius 1 is 1.17 bits per heavy atom. The van der Waals surface area contributed by atoms with Gasteiger partial charge in [0, 0.05) is 6.42 Å². The third-order valence-electron chi connectivity index (χ3n) is 3.52. The number of amides is 2. The van der Waals surface area contributed by atoms with Gasteiger partial charge in [-0.1, -0.05) is 30.3 Å². The van der Waals surface area contributed by atoms with Gasteiger partial charge in [0.1, 0.15) is 18.0 Å². The summed E-state index contributed by atoms with van der Waals surface area (Å²) in [5.41, 5.74) is 0.0815. The van der Waals surface area contributed by atoms with Crippen LogP contribution in [-0.2, 0) is 25.5 Å². The molecule has 0 bridgehead atoms. The molecule has 0 heterocycles. The molecule has 1 aromatic rings. The van der Waals surface area contributed by atoms with E-state index in [1.165, 1.54) is 0 Å². The third-order valence-corrected chi connectivity index (χ3v) is 3.52. The first-order valence-corrected chi connectivity index (χ1v) is 9.42. The van der Waals surface area contributed by atoms with Crippen LogP contribution in [0.15, 0.2) is 42.2 Å². The number of carbonyl (C=O) groups is 3. The molecule has 0 aliphatic heterocycles. The van der Waals surface area contributed by atoms with Crippen LogP contribution >= 0.6 is 0 Å². The van der Waals surface area contributed by atoms with E-state index in [9.17, 15) is 18.8 Å². The van der Waals surface area contributed by atoms with Gasteiger partial charge in [-0.15, -0.1) is 0 Å². The van der Waals surface area contributed by atoms with Crippen molar-refractivity contribution in [1.29, 1.82) is 0 Å². The van der Waals surface area contributed by atoms with Crippen LogP contribution in [0.4, 0.5) is 9.18 Å². The minimum Gasteiger partial charge on any atom is -0.465 e. The fourth-order valence-corrected chi connectivity index (χ4v) is 2.30. The van der Waals surface area contributed by atoms with Gasteiger partial charge in [-0.3, -0.25) is 9.59 Å². The summed E-state index contributed by atoms with van der Waals surface area (Å²) in [5, 5.41) is 4.85. The molecule has 1 aromatic carbocycles. The molecular formula is C21H29FN2O5. The van der Waals surface area contributed by atoms with Crippen molar-refractivity contribution in [1.82, 2.24) is 10.6 Å². The Morgan fingerprint density at radius 3 is 2.41 bits per heavy atom. The molecule has 0 saturated heterocycles. The molecule has 0 aliphatic rings. The van der Waals surface area contributed by atoms with Crippen molar-refractivity contribution >= 4 is 18.0 Å². The first-order chi connectivity index (χ1) is 13.6. The summed E-state index contributed by atoms with van der Waals surface area (Å²) in [6.07, 6.45) is 0.221. The van der Waals surface area contributed by atoms with Crippen LogP contribution < -0.4 is 10.6 Å². The molecule has 1 atom stereocenters. The van der Waals surface area contributed by atoms with Gasteiger partial charge in [-0.25, -0.2) is 9.18 Å². The lowest BCUT2D eigenvalue weighted by atomic mass is 10.0. The van der Waals surface area contributed by atoms with Crippen molar-refractivity contribution in [3.05, 3.63) is 47.8 Å². The van der Waals surface area contributed by atoms with E-state index in [1.807, 2.05) is 30.3 Å². The molecule has 0 saturated carbocycles. The largest absolute Gasteiger partial charge is 0.465 e. The lowest BCUT2D eigenvalue weighted by Crippen LogP contribution is -2.40. The van der Waals surface area contributed by atoms with Gasteiger partial charge in [-0.05, 0) is 45.8 Å². The van der Waals surface area contributed by atoms with Crippen molar-refractivity contribution in [2.24, 2.45) is 0 Å². The van der Waals surface area contributed by atoms with Crippen molar-refractivity contribution in [2.75, 3.05) is 13.2 Å². The number of rotatable bonds is 9. The number of hydrogen-bond acceptors (Lipinski definition) is 5. The zero-order chi connectivity index (χ0) is 21.9. The van der Waals surface area contributed by atoms with Crippen LogP contribution in [0.25, 0.3) is 0 Å². The normalized spacial score (nSPS) is 12.7. The minimum absolute atomic E-state index is 0.187. The van der Waals surface area contributed by atoms with E-state index < -0.39 is 35.4 Å². The second kappa shape index (κ2) is 11.8. The number of halogens is 1. The van der Waals surface area contributed by atoms with Crippen LogP contribution in [0.2, 0.25) is 0 Å². The minimum atomic E-state index is -0.995. The number of esters is 1. The van der Waals surface area contributed by atoms with Crippen molar-refractivity contribution in [2.45, 2.75) is 52.2 Å². The Kier molecular flexibility index (Phi) is 9.85. The molecule has 2 amide bonds. The quantitative estimate of drug-likeness (QED) is 0.613. The SMILES string of the molecule is CCOC(=O)CNC(=O)C/C=C(/F)[C@H](Cc1ccccc1)NC(=O)OC(C)(C)C. The zero-order valence-electron chi connectivity index (χ0n) is 17.3. The van der Waals surface area contributed by atoms with Gasteiger partial charge < -0.3 is 20.1 Å². The van der Waals surface area contributed by atoms with Gasteiger partial charge >= 0.3 is 12.1 Å². The van der Waals surface area contributed by atoms with Gasteiger partial charge in [0.25, 0.3) is 0 Å². The third kappa shape index (κ3) is 10.9. The predicted molar refractivity (Wildman–Crippen MR) is 107 cm³/mol. The maximum atomic E-state index is 14.7. The van der Waals surface area contributed by atoms with E-state index in [1.54, 1.807) is 27.7 Å². The Bertz CT molecular complexity index is 714. The molecule has 0 fully saturated rings. The molecule has 0 aliphatic carbocycles. The Hall–Kier alpha value is -2.90. The standard InChI is InChI=1S/C21H29FN2O5/c1-5-28-19(26)14-23-18(25)12-11-16(22)17(13-15-9-7-6-8-10-15)24-20(27)29-21(2,3)4/h6-11,17H,5,12-14H2,1-4H3,(H,23,25)(H,24,27)/b16-11+/t17-/m0/s1. The van der Waals surface area contributed by atoms with Gasteiger partial charge in [0.05, 0.1) is 12.6 Å². The van der Waals surface area contributed by atoms with E-state index in [0.717, 1.165) is 11.6 Å². The number of benzene rings is 1. The summed E-state index contributed by atoms with van der Waals surface area (Å²) in [7, 11) is 0. The van der Waals surface area contributed by atoms with E-state index in [0.29, 0.717) is 0 Å². The Labute approximate surface area is 170 Å². The first kappa shape index (κ1) is 24.1. The summed E-state index contributed by atoms with van der Waals surface area (Å²) in [5.74, 6) is -1.78. The van der Waals surface area contributed by atoms with Gasteiger partial charge in [0.15, 0.2) is 0 Å². The zero-order valence-corrected chi connectivity index (χ0v) is 17.3. The lowest BCUT2D eigenvalue weighted by molar-refractivity contribution is -0.143. The lowest BCUT2D eigenvalue weighted by Gasteiger charge is -2.23. The van der Waals surface area contributed by atoms with Crippen LogP contribution in [-0.4, -0.2) is 42.8 Å². The molecule has 1 rings (SSSR count). The molecular weight excluding hydrogens is 379 g/mol. The maximum absolute atomic E-state index is 14.7. The summed E-state index contributed by atoms with van der Waals surface area (Å²) in [4.78, 5) is 35.1. The number of alkyl carbamates (subject to hydrolysis) is 1. The average Bonchev–Trinajstić information content (AvgIpc) is 2.63. The van der Waals surface area contributed by atoms with E-state index in [2.05, 4.69) is 10.6 Å². The number of ether oxygens (including phenoxy) is 2. The highest BCUT2D eigenvalue weighted by Gasteiger charge is 2.22. The fraction of sp³-hybridized carbons (Fsp3) is 0.476. The smallest absolute Gasteiger partial charge is 0.408 e. The van der Waals surface area contributed by atoms with Crippen molar-refractivity contribution < 1.29 is 28.2 Å². The average molecular weight is 408 g/mol. The summed E-state index contributed by atoms with van der Waals surface area (Å²) in [6, 6.07) is 8.07. The summed E-state index contributed by atoms with van der Waals surface area (Å²) < 4.78 is 24.6. The second-order valence-electron chi connectivity index (χ2n) is 7.26. The summed E-state index contributed by atoms with van der Waals surface area (Å²) >= 11 is 0. The predicted octanol–water partition coefficient (Wildman–Crippen LogP) is 3.05. The van der Waals surface area contributed by atoms with Crippen LogP contribution in [0, 0.1) is 0 Å². The Balaban J connectivity index is 2.76. The molecule has 0 spiro atoms. The highest BCUT2D eigenvalue weighted by molar-refractivity contribution is 5.82. The molecule has 2 N–H and O–H groups in total. The molecule has 8 heteroatoms. The second-order valence-corrected chi connectivity index (χ2v) is 7.26. The Morgan fingerprint density at radius 2 is 1.83 bits per heavy atom. The highest BCUT2D eigenvalue weighted by Crippen LogP contribution is 2.14. The maximum Gasteiger partial charge on any atom is 0.408 e. The fourth-order valence-electron chi connectivity index (χ4n) is 2.30. The van der Waals surface area contributed by atoms with E-state index in [4.69, 9.17) is 9.47 Å². The molecule has 29 heavy (non-hydrogen) atoms. The van der Waals surface area contributed by atoms with Crippen LogP contribution in [0.5, 0.6) is 0 Å². The van der Waals surface area contributed by atoms with Crippen LogP contribution in [0.3, 0.4) is 0 Å². The first-order valence-electron chi connectivity index (χ1n) is 9.42. The molecule has 7 nitrogen and oxygen atoms in total. The number of carbonyl (C=O) groups excluding carboxylic acids is 3. The monoisotopic (exact) mass is 408 g/mol. The van der Waals surface area contributed by atoms with Crippen molar-refractivity contribution in [3.8, 4) is 0 Å². The molecule has 0 aromatic heterocycles. The number of nitrogens with one attached hydrogen (secondary N) is 2. The van der Waals surface area contributed by atoms with Crippen LogP contribution in [0.1, 0.15) is 39.7 Å². The molecule has 160 valence electrons. The molecule has 0 radical (unpaired) electrons. The summed E-state index contributed by atoms with van der Waals surface area (Å²) in [6.45, 7) is 6.70. The highest BCUT2D eigenvalue weighted by atomic mass is 19.1.